The van der Waals surface area contributed by atoms with E-state index in [1.165, 1.54) is 6.07 Å². The van der Waals surface area contributed by atoms with Crippen molar-refractivity contribution in [1.29, 1.82) is 5.26 Å². The van der Waals surface area contributed by atoms with Gasteiger partial charge in [0, 0.05) is 19.8 Å². The van der Waals surface area contributed by atoms with Crippen molar-refractivity contribution >= 4 is 5.69 Å². The molecule has 1 N–H and O–H groups in total. The Morgan fingerprint density at radius 3 is 2.78 bits per heavy atom. The number of nitrogens with one attached hydrogen (secondary N) is 1. The lowest BCUT2D eigenvalue weighted by Gasteiger charge is -2.33. The molecule has 2 rings (SSSR count). The van der Waals surface area contributed by atoms with Crippen LogP contribution in [0.15, 0.2) is 18.2 Å². The van der Waals surface area contributed by atoms with Crippen molar-refractivity contribution < 1.29 is 9.13 Å². The minimum absolute atomic E-state index is 0.151. The minimum Gasteiger partial charge on any atom is -0.382 e. The van der Waals surface area contributed by atoms with Crippen molar-refractivity contribution in [2.45, 2.75) is 19.8 Å². The first-order valence-electron chi connectivity index (χ1n) is 6.14. The second-order valence-corrected chi connectivity index (χ2v) is 5.08. The van der Waals surface area contributed by atoms with Crippen LogP contribution in [0.2, 0.25) is 0 Å². The Morgan fingerprint density at radius 2 is 2.17 bits per heavy atom. The summed E-state index contributed by atoms with van der Waals surface area (Å²) in [5.74, 6) is -0.371. The minimum atomic E-state index is -0.371. The lowest BCUT2D eigenvalue weighted by molar-refractivity contribution is 0.0300. The van der Waals surface area contributed by atoms with Crippen LogP contribution >= 0.6 is 0 Å². The molecule has 1 aromatic rings. The molecule has 0 aromatic heterocycles. The molecule has 1 aromatic carbocycles. The number of hydrogen-bond donors (Lipinski definition) is 1. The molecule has 0 bridgehead atoms. The van der Waals surface area contributed by atoms with E-state index < -0.39 is 0 Å². The van der Waals surface area contributed by atoms with Gasteiger partial charge in [-0.25, -0.2) is 4.39 Å². The fraction of sp³-hybridized carbons (Fsp3) is 0.500. The molecule has 0 saturated carbocycles. The first kappa shape index (κ1) is 12.8. The van der Waals surface area contributed by atoms with Crippen molar-refractivity contribution in [2.75, 3.05) is 25.1 Å². The fourth-order valence-electron chi connectivity index (χ4n) is 2.08. The zero-order chi connectivity index (χ0) is 13.0. The van der Waals surface area contributed by atoms with Gasteiger partial charge in [-0.1, -0.05) is 6.92 Å². The number of halogens is 1. The van der Waals surface area contributed by atoms with Crippen LogP contribution in [0.1, 0.15) is 25.3 Å². The Labute approximate surface area is 107 Å². The highest BCUT2D eigenvalue weighted by Gasteiger charge is 2.27. The highest BCUT2D eigenvalue weighted by Crippen LogP contribution is 2.30. The summed E-state index contributed by atoms with van der Waals surface area (Å²) in [5.41, 5.74) is 0.954. The topological polar surface area (TPSA) is 45.0 Å². The Kier molecular flexibility index (Phi) is 3.83. The lowest BCUT2D eigenvalue weighted by Crippen LogP contribution is -2.33. The van der Waals surface area contributed by atoms with Crippen molar-refractivity contribution in [2.24, 2.45) is 5.41 Å². The van der Waals surface area contributed by atoms with Gasteiger partial charge in [-0.15, -0.1) is 0 Å². The second kappa shape index (κ2) is 5.36. The van der Waals surface area contributed by atoms with E-state index in [1.807, 2.05) is 6.07 Å². The number of ether oxygens (including phenoxy) is 1. The third-order valence-electron chi connectivity index (χ3n) is 3.50. The summed E-state index contributed by atoms with van der Waals surface area (Å²) in [4.78, 5) is 0. The molecule has 1 fully saturated rings. The van der Waals surface area contributed by atoms with Gasteiger partial charge in [0.25, 0.3) is 0 Å². The van der Waals surface area contributed by atoms with Crippen LogP contribution in [-0.2, 0) is 4.74 Å². The summed E-state index contributed by atoms with van der Waals surface area (Å²) in [6.07, 6.45) is 1.97. The highest BCUT2D eigenvalue weighted by molar-refractivity contribution is 5.48. The molecule has 0 unspecified atom stereocenters. The van der Waals surface area contributed by atoms with Crippen LogP contribution in [0.5, 0.6) is 0 Å². The predicted octanol–water partition coefficient (Wildman–Crippen LogP) is 2.93. The quantitative estimate of drug-likeness (QED) is 0.894. The van der Waals surface area contributed by atoms with Gasteiger partial charge in [-0.3, -0.25) is 0 Å². The van der Waals surface area contributed by atoms with Crippen LogP contribution < -0.4 is 5.32 Å². The number of rotatable bonds is 3. The number of anilines is 1. The summed E-state index contributed by atoms with van der Waals surface area (Å²) in [7, 11) is 0. The maximum absolute atomic E-state index is 13.7. The van der Waals surface area contributed by atoms with Crippen molar-refractivity contribution in [3.63, 3.8) is 0 Å². The molecule has 0 atom stereocenters. The summed E-state index contributed by atoms with van der Waals surface area (Å²) in [6, 6.07) is 6.43. The summed E-state index contributed by atoms with van der Waals surface area (Å²) in [6.45, 7) is 4.45. The molecule has 1 aliphatic rings. The summed E-state index contributed by atoms with van der Waals surface area (Å²) in [5, 5.41) is 11.8. The average molecular weight is 248 g/mol. The summed E-state index contributed by atoms with van der Waals surface area (Å²) >= 11 is 0. The van der Waals surface area contributed by atoms with Gasteiger partial charge in [0.2, 0.25) is 0 Å². The maximum atomic E-state index is 13.7. The largest absolute Gasteiger partial charge is 0.382 e. The van der Waals surface area contributed by atoms with Gasteiger partial charge >= 0.3 is 0 Å². The molecule has 3 nitrogen and oxygen atoms in total. The molecular formula is C14H17FN2O. The van der Waals surface area contributed by atoms with E-state index >= 15 is 0 Å². The maximum Gasteiger partial charge on any atom is 0.147 e. The Balaban J connectivity index is 2.00. The first-order valence-corrected chi connectivity index (χ1v) is 6.14. The van der Waals surface area contributed by atoms with Gasteiger partial charge in [-0.05, 0) is 36.5 Å². The molecule has 1 saturated heterocycles. The molecule has 1 aliphatic heterocycles. The Bertz CT molecular complexity index is 461. The SMILES string of the molecule is CC1(CNc2ccc(C#N)cc2F)CCOCC1. The molecule has 18 heavy (non-hydrogen) atoms. The average Bonchev–Trinajstić information content (AvgIpc) is 2.38. The fourth-order valence-corrected chi connectivity index (χ4v) is 2.08. The van der Waals surface area contributed by atoms with E-state index in [4.69, 9.17) is 10.00 Å². The molecule has 1 heterocycles. The lowest BCUT2D eigenvalue weighted by atomic mass is 9.82. The van der Waals surface area contributed by atoms with E-state index in [0.717, 1.165) is 32.6 Å². The second-order valence-electron chi connectivity index (χ2n) is 5.08. The van der Waals surface area contributed by atoms with E-state index in [1.54, 1.807) is 12.1 Å². The Hall–Kier alpha value is -1.60. The molecule has 4 heteroatoms. The van der Waals surface area contributed by atoms with E-state index in [-0.39, 0.29) is 11.2 Å². The molecule has 0 aliphatic carbocycles. The Morgan fingerprint density at radius 1 is 1.44 bits per heavy atom. The van der Waals surface area contributed by atoms with Crippen LogP contribution in [0.4, 0.5) is 10.1 Å². The number of nitrogens with zero attached hydrogens (tertiary/aromatic N) is 1. The van der Waals surface area contributed by atoms with Gasteiger partial charge < -0.3 is 10.1 Å². The van der Waals surface area contributed by atoms with Crippen molar-refractivity contribution in [1.82, 2.24) is 0 Å². The van der Waals surface area contributed by atoms with Gasteiger partial charge in [0.15, 0.2) is 0 Å². The van der Waals surface area contributed by atoms with Crippen LogP contribution in [-0.4, -0.2) is 19.8 Å². The smallest absolute Gasteiger partial charge is 0.147 e. The number of benzene rings is 1. The number of hydrogen-bond acceptors (Lipinski definition) is 3. The van der Waals surface area contributed by atoms with E-state index in [9.17, 15) is 4.39 Å². The van der Waals surface area contributed by atoms with Crippen molar-refractivity contribution in [3.8, 4) is 6.07 Å². The normalized spacial score (nSPS) is 18.1. The van der Waals surface area contributed by atoms with Crippen LogP contribution in [0.3, 0.4) is 0 Å². The summed E-state index contributed by atoms with van der Waals surface area (Å²) < 4.78 is 19.0. The highest BCUT2D eigenvalue weighted by atomic mass is 19.1. The molecule has 96 valence electrons. The third-order valence-corrected chi connectivity index (χ3v) is 3.50. The third kappa shape index (κ3) is 2.99. The molecular weight excluding hydrogens is 231 g/mol. The molecule has 0 amide bonds. The zero-order valence-corrected chi connectivity index (χ0v) is 10.5. The molecule has 0 spiro atoms. The predicted molar refractivity (Wildman–Crippen MR) is 67.8 cm³/mol. The van der Waals surface area contributed by atoms with Crippen LogP contribution in [0, 0.1) is 22.6 Å². The van der Waals surface area contributed by atoms with Gasteiger partial charge in [-0.2, -0.15) is 5.26 Å². The van der Waals surface area contributed by atoms with E-state index in [2.05, 4.69) is 12.2 Å². The molecule has 0 radical (unpaired) electrons. The van der Waals surface area contributed by atoms with Gasteiger partial charge in [0.05, 0.1) is 17.3 Å². The van der Waals surface area contributed by atoms with E-state index in [0.29, 0.717) is 11.3 Å². The van der Waals surface area contributed by atoms with Crippen LogP contribution in [0.25, 0.3) is 0 Å². The zero-order valence-electron chi connectivity index (χ0n) is 10.5. The van der Waals surface area contributed by atoms with Gasteiger partial charge in [0.1, 0.15) is 5.82 Å². The monoisotopic (exact) mass is 248 g/mol. The first-order chi connectivity index (χ1) is 8.63. The van der Waals surface area contributed by atoms with Crippen molar-refractivity contribution in [3.05, 3.63) is 29.6 Å². The number of nitriles is 1. The standard InChI is InChI=1S/C14H17FN2O/c1-14(4-6-18-7-5-14)10-17-13-3-2-11(9-16)8-12(13)15/h2-3,8,17H,4-7,10H2,1H3.